The van der Waals surface area contributed by atoms with Gasteiger partial charge in [-0.3, -0.25) is 14.4 Å². The van der Waals surface area contributed by atoms with E-state index >= 15 is 0 Å². The fraction of sp³-hybridized carbons (Fsp3) is 0.480. The number of likely N-dealkylation sites (tertiary alicyclic amines) is 1. The first-order valence-corrected chi connectivity index (χ1v) is 13.2. The third-order valence-corrected chi connectivity index (χ3v) is 8.06. The molecular formula is C25H27Cl2FN2O2S. The molecule has 1 amide bonds. The maximum Gasteiger partial charge on any atom is 0.264 e. The SMILES string of the molecule is O=C(NSC1CC1)c1cc(C2CC2)c(O[C@@H]2CCCN(Cc3ccc(Cl)cc3Cl)C2)cc1F. The molecule has 5 rings (SSSR count). The van der Waals surface area contributed by atoms with Gasteiger partial charge in [0.05, 0.1) is 5.56 Å². The topological polar surface area (TPSA) is 41.6 Å². The zero-order valence-electron chi connectivity index (χ0n) is 18.3. The number of hydrogen-bond acceptors (Lipinski definition) is 4. The maximum atomic E-state index is 14.9. The molecule has 176 valence electrons. The molecule has 0 aromatic heterocycles. The minimum atomic E-state index is -0.524. The summed E-state index contributed by atoms with van der Waals surface area (Å²) in [4.78, 5) is 14.8. The van der Waals surface area contributed by atoms with Crippen molar-refractivity contribution in [1.29, 1.82) is 0 Å². The summed E-state index contributed by atoms with van der Waals surface area (Å²) in [5.74, 6) is 0.0408. The highest BCUT2D eigenvalue weighted by atomic mass is 35.5. The molecule has 1 aliphatic heterocycles. The predicted molar refractivity (Wildman–Crippen MR) is 132 cm³/mol. The van der Waals surface area contributed by atoms with Gasteiger partial charge in [0.15, 0.2) is 0 Å². The highest BCUT2D eigenvalue weighted by molar-refractivity contribution is 7.98. The van der Waals surface area contributed by atoms with Crippen molar-refractivity contribution in [1.82, 2.24) is 9.62 Å². The largest absolute Gasteiger partial charge is 0.489 e. The van der Waals surface area contributed by atoms with E-state index in [2.05, 4.69) is 9.62 Å². The Bertz CT molecular complexity index is 1050. The van der Waals surface area contributed by atoms with E-state index in [1.807, 2.05) is 12.1 Å². The number of hydrogen-bond donors (Lipinski definition) is 1. The molecule has 0 unspecified atom stereocenters. The number of carbonyl (C=O) groups is 1. The molecule has 2 saturated carbocycles. The molecule has 0 spiro atoms. The first-order chi connectivity index (χ1) is 16.0. The molecule has 3 fully saturated rings. The van der Waals surface area contributed by atoms with Gasteiger partial charge in [-0.25, -0.2) is 4.39 Å². The van der Waals surface area contributed by atoms with Gasteiger partial charge in [0.25, 0.3) is 5.91 Å². The number of halogens is 3. The fourth-order valence-corrected chi connectivity index (χ4v) is 5.49. The highest BCUT2D eigenvalue weighted by Crippen LogP contribution is 2.45. The normalized spacial score (nSPS) is 21.1. The molecule has 1 N–H and O–H groups in total. The van der Waals surface area contributed by atoms with E-state index in [0.717, 1.165) is 69.3 Å². The van der Waals surface area contributed by atoms with Gasteiger partial charge in [-0.2, -0.15) is 0 Å². The molecule has 1 atom stereocenters. The van der Waals surface area contributed by atoms with Gasteiger partial charge >= 0.3 is 0 Å². The molecule has 1 heterocycles. The molecule has 1 saturated heterocycles. The zero-order chi connectivity index (χ0) is 22.9. The molecule has 3 aliphatic rings. The summed E-state index contributed by atoms with van der Waals surface area (Å²) >= 11 is 13.8. The standard InChI is InChI=1S/C25H27Cl2FN2O2S/c26-17-6-5-16(22(27)10-17)13-30-9-1-2-18(14-30)32-24-12-23(28)21(11-20(24)15-3-4-15)25(31)29-33-19-7-8-19/h5-6,10-12,15,18-19H,1-4,7-9,13-14H2,(H,29,31)/t18-/m1/s1. The second-order valence-electron chi connectivity index (χ2n) is 9.25. The number of piperidine rings is 1. The van der Waals surface area contributed by atoms with Crippen molar-refractivity contribution >= 4 is 41.1 Å². The van der Waals surface area contributed by atoms with Crippen LogP contribution in [0.3, 0.4) is 0 Å². The summed E-state index contributed by atoms with van der Waals surface area (Å²) in [6, 6.07) is 8.70. The summed E-state index contributed by atoms with van der Waals surface area (Å²) in [6.07, 6.45) is 6.18. The fourth-order valence-electron chi connectivity index (χ4n) is 4.26. The first-order valence-electron chi connectivity index (χ1n) is 11.6. The summed E-state index contributed by atoms with van der Waals surface area (Å²) in [5.41, 5.74) is 2.10. The second kappa shape index (κ2) is 10.0. The van der Waals surface area contributed by atoms with Crippen LogP contribution in [-0.2, 0) is 6.54 Å². The van der Waals surface area contributed by atoms with Gasteiger partial charge in [0.2, 0.25) is 0 Å². The summed E-state index contributed by atoms with van der Waals surface area (Å²) < 4.78 is 24.1. The Morgan fingerprint density at radius 3 is 2.70 bits per heavy atom. The number of benzene rings is 2. The molecule has 2 aliphatic carbocycles. The molecule has 0 radical (unpaired) electrons. The molecule has 2 aromatic carbocycles. The van der Waals surface area contributed by atoms with E-state index in [0.29, 0.717) is 27.0 Å². The third kappa shape index (κ3) is 5.97. The lowest BCUT2D eigenvalue weighted by molar-refractivity contribution is 0.0832. The van der Waals surface area contributed by atoms with Crippen LogP contribution in [0.2, 0.25) is 10.0 Å². The number of ether oxygens (including phenoxy) is 1. The number of rotatable bonds is 8. The Morgan fingerprint density at radius 2 is 1.97 bits per heavy atom. The lowest BCUT2D eigenvalue weighted by Gasteiger charge is -2.33. The molecular weight excluding hydrogens is 482 g/mol. The maximum absolute atomic E-state index is 14.9. The second-order valence-corrected chi connectivity index (χ2v) is 11.2. The van der Waals surface area contributed by atoms with Gasteiger partial charge in [0, 0.05) is 34.5 Å². The zero-order valence-corrected chi connectivity index (χ0v) is 20.6. The van der Waals surface area contributed by atoms with Crippen molar-refractivity contribution in [2.24, 2.45) is 0 Å². The van der Waals surface area contributed by atoms with Gasteiger partial charge in [-0.05, 0) is 92.3 Å². The quantitative estimate of drug-likeness (QED) is 0.408. The molecule has 4 nitrogen and oxygen atoms in total. The Hall–Kier alpha value is -1.47. The number of carbonyl (C=O) groups excluding carboxylic acids is 1. The van der Waals surface area contributed by atoms with E-state index in [4.69, 9.17) is 27.9 Å². The van der Waals surface area contributed by atoms with Crippen LogP contribution in [-0.4, -0.2) is 35.3 Å². The van der Waals surface area contributed by atoms with Crippen LogP contribution in [0.5, 0.6) is 5.75 Å². The minimum absolute atomic E-state index is 0.0353. The Labute approximate surface area is 208 Å². The average molecular weight is 509 g/mol. The Kier molecular flexibility index (Phi) is 7.07. The van der Waals surface area contributed by atoms with Crippen LogP contribution >= 0.6 is 35.1 Å². The average Bonchev–Trinajstić information content (AvgIpc) is 3.68. The van der Waals surface area contributed by atoms with E-state index in [-0.39, 0.29) is 17.6 Å². The molecule has 2 aromatic rings. The van der Waals surface area contributed by atoms with Crippen molar-refractivity contribution in [3.8, 4) is 5.75 Å². The van der Waals surface area contributed by atoms with Crippen molar-refractivity contribution in [3.05, 3.63) is 62.9 Å². The summed E-state index contributed by atoms with van der Waals surface area (Å²) in [5, 5.41) is 1.76. The minimum Gasteiger partial charge on any atom is -0.489 e. The van der Waals surface area contributed by atoms with Gasteiger partial charge < -0.3 is 4.74 Å². The molecule has 0 bridgehead atoms. The van der Waals surface area contributed by atoms with E-state index < -0.39 is 5.82 Å². The number of nitrogens with zero attached hydrogens (tertiary/aromatic N) is 1. The van der Waals surface area contributed by atoms with Crippen LogP contribution in [0.4, 0.5) is 4.39 Å². The van der Waals surface area contributed by atoms with Crippen molar-refractivity contribution in [2.75, 3.05) is 13.1 Å². The van der Waals surface area contributed by atoms with Gasteiger partial charge in [0.1, 0.15) is 17.7 Å². The number of nitrogens with one attached hydrogen (secondary N) is 1. The molecule has 8 heteroatoms. The summed E-state index contributed by atoms with van der Waals surface area (Å²) in [7, 11) is 0. The molecule has 33 heavy (non-hydrogen) atoms. The Morgan fingerprint density at radius 1 is 1.15 bits per heavy atom. The van der Waals surface area contributed by atoms with E-state index in [9.17, 15) is 9.18 Å². The Balaban J connectivity index is 1.27. The van der Waals surface area contributed by atoms with Gasteiger partial charge in [-0.15, -0.1) is 0 Å². The van der Waals surface area contributed by atoms with E-state index in [1.165, 1.54) is 18.0 Å². The van der Waals surface area contributed by atoms with Crippen molar-refractivity contribution in [3.63, 3.8) is 0 Å². The summed E-state index contributed by atoms with van der Waals surface area (Å²) in [6.45, 7) is 2.42. The predicted octanol–water partition coefficient (Wildman–Crippen LogP) is 6.59. The highest BCUT2D eigenvalue weighted by Gasteiger charge is 2.32. The number of amides is 1. The first kappa shape index (κ1) is 23.3. The van der Waals surface area contributed by atoms with Crippen LogP contribution in [0.1, 0.15) is 65.9 Å². The van der Waals surface area contributed by atoms with Crippen LogP contribution in [0, 0.1) is 5.82 Å². The van der Waals surface area contributed by atoms with Crippen molar-refractivity contribution < 1.29 is 13.9 Å². The van der Waals surface area contributed by atoms with E-state index in [1.54, 1.807) is 12.1 Å². The van der Waals surface area contributed by atoms with Crippen LogP contribution in [0.15, 0.2) is 30.3 Å². The monoisotopic (exact) mass is 508 g/mol. The lowest BCUT2D eigenvalue weighted by Crippen LogP contribution is -2.40. The lowest BCUT2D eigenvalue weighted by atomic mass is 10.0. The van der Waals surface area contributed by atoms with Gasteiger partial charge in [-0.1, -0.05) is 29.3 Å². The van der Waals surface area contributed by atoms with Crippen molar-refractivity contribution in [2.45, 2.75) is 62.3 Å². The smallest absolute Gasteiger partial charge is 0.264 e. The van der Waals surface area contributed by atoms with Crippen LogP contribution in [0.25, 0.3) is 0 Å². The van der Waals surface area contributed by atoms with Crippen LogP contribution < -0.4 is 9.46 Å². The third-order valence-electron chi connectivity index (χ3n) is 6.37.